The first-order valence-electron chi connectivity index (χ1n) is 7.34. The van der Waals surface area contributed by atoms with Gasteiger partial charge in [-0.1, -0.05) is 23.8 Å². The van der Waals surface area contributed by atoms with Gasteiger partial charge in [-0.2, -0.15) is 0 Å². The normalized spacial score (nSPS) is 12.8. The monoisotopic (exact) mass is 335 g/mol. The Morgan fingerprint density at radius 2 is 1.83 bits per heavy atom. The summed E-state index contributed by atoms with van der Waals surface area (Å²) in [4.78, 5) is 4.48. The van der Waals surface area contributed by atoms with E-state index < -0.39 is 16.1 Å². The molecule has 1 heterocycles. The lowest BCUT2D eigenvalue weighted by molar-refractivity contribution is 0.194. The quantitative estimate of drug-likeness (QED) is 0.672. The molecule has 0 bridgehead atoms. The van der Waals surface area contributed by atoms with Crippen LogP contribution in [0.5, 0.6) is 0 Å². The molecule has 23 heavy (non-hydrogen) atoms. The summed E-state index contributed by atoms with van der Waals surface area (Å²) in [6.45, 7) is 4.17. The second-order valence-electron chi connectivity index (χ2n) is 5.26. The van der Waals surface area contributed by atoms with Gasteiger partial charge in [-0.25, -0.2) is 18.1 Å². The lowest BCUT2D eigenvalue weighted by Gasteiger charge is -2.10. The Bertz CT molecular complexity index is 743. The second-order valence-corrected chi connectivity index (χ2v) is 7.03. The number of anilines is 1. The number of sulfonamides is 1. The molecule has 2 rings (SSSR count). The van der Waals surface area contributed by atoms with Crippen molar-refractivity contribution in [2.24, 2.45) is 0 Å². The van der Waals surface area contributed by atoms with Gasteiger partial charge >= 0.3 is 0 Å². The Kier molecular flexibility index (Phi) is 5.70. The first kappa shape index (κ1) is 17.4. The number of pyridine rings is 1. The third-order valence-electron chi connectivity index (χ3n) is 3.25. The Morgan fingerprint density at radius 3 is 2.48 bits per heavy atom. The molecule has 0 fully saturated rings. The average molecular weight is 335 g/mol. The van der Waals surface area contributed by atoms with Crippen LogP contribution in [0.25, 0.3) is 0 Å². The summed E-state index contributed by atoms with van der Waals surface area (Å²) in [5.74, 6) is 0.595. The lowest BCUT2D eigenvalue weighted by Crippen LogP contribution is -2.29. The number of benzene rings is 1. The number of hydrogen-bond acceptors (Lipinski definition) is 5. The summed E-state index contributed by atoms with van der Waals surface area (Å²) in [5.41, 5.74) is 1.57. The molecule has 0 aliphatic carbocycles. The first-order valence-corrected chi connectivity index (χ1v) is 8.82. The minimum atomic E-state index is -3.50. The Hall–Kier alpha value is -1.96. The fourth-order valence-electron chi connectivity index (χ4n) is 1.96. The van der Waals surface area contributed by atoms with Gasteiger partial charge in [-0.3, -0.25) is 0 Å². The van der Waals surface area contributed by atoms with E-state index in [9.17, 15) is 13.5 Å². The van der Waals surface area contributed by atoms with E-state index in [4.69, 9.17) is 0 Å². The fourth-order valence-corrected chi connectivity index (χ4v) is 2.99. The van der Waals surface area contributed by atoms with Crippen LogP contribution in [0, 0.1) is 6.92 Å². The highest BCUT2D eigenvalue weighted by Crippen LogP contribution is 2.12. The van der Waals surface area contributed by atoms with Crippen LogP contribution in [-0.2, 0) is 10.0 Å². The largest absolute Gasteiger partial charge is 0.387 e. The molecule has 1 atom stereocenters. The molecule has 124 valence electrons. The van der Waals surface area contributed by atoms with E-state index in [1.54, 1.807) is 49.4 Å². The molecule has 0 spiro atoms. The summed E-state index contributed by atoms with van der Waals surface area (Å²) in [6, 6.07) is 12.0. The van der Waals surface area contributed by atoms with Crippen molar-refractivity contribution in [1.29, 1.82) is 0 Å². The van der Waals surface area contributed by atoms with Crippen LogP contribution in [0.4, 0.5) is 5.82 Å². The van der Waals surface area contributed by atoms with Gasteiger partial charge in [0.25, 0.3) is 0 Å². The summed E-state index contributed by atoms with van der Waals surface area (Å²) in [7, 11) is -3.50. The second kappa shape index (κ2) is 7.54. The van der Waals surface area contributed by atoms with Gasteiger partial charge in [0, 0.05) is 13.1 Å². The molecule has 0 radical (unpaired) electrons. The van der Waals surface area contributed by atoms with Crippen LogP contribution in [0.3, 0.4) is 0 Å². The van der Waals surface area contributed by atoms with Crippen molar-refractivity contribution >= 4 is 15.8 Å². The zero-order valence-corrected chi connectivity index (χ0v) is 14.0. The summed E-state index contributed by atoms with van der Waals surface area (Å²) in [5, 5.41) is 12.5. The van der Waals surface area contributed by atoms with Crippen LogP contribution < -0.4 is 10.0 Å². The Morgan fingerprint density at radius 1 is 1.13 bits per heavy atom. The maximum absolute atomic E-state index is 12.1. The number of nitrogens with one attached hydrogen (secondary N) is 2. The molecule has 1 unspecified atom stereocenters. The minimum Gasteiger partial charge on any atom is -0.387 e. The van der Waals surface area contributed by atoms with Gasteiger partial charge in [0.1, 0.15) is 5.82 Å². The van der Waals surface area contributed by atoms with Crippen LogP contribution in [0.2, 0.25) is 0 Å². The van der Waals surface area contributed by atoms with Crippen molar-refractivity contribution in [2.45, 2.75) is 24.8 Å². The van der Waals surface area contributed by atoms with Gasteiger partial charge in [-0.15, -0.1) is 0 Å². The Balaban J connectivity index is 1.87. The van der Waals surface area contributed by atoms with Crippen molar-refractivity contribution in [2.75, 3.05) is 18.4 Å². The highest BCUT2D eigenvalue weighted by Gasteiger charge is 2.12. The maximum atomic E-state index is 12.1. The van der Waals surface area contributed by atoms with Gasteiger partial charge in [0.15, 0.2) is 0 Å². The number of hydrogen-bond donors (Lipinski definition) is 3. The minimum absolute atomic E-state index is 0.233. The van der Waals surface area contributed by atoms with E-state index in [-0.39, 0.29) is 11.4 Å². The molecule has 6 nitrogen and oxygen atoms in total. The molecule has 3 N–H and O–H groups in total. The molecule has 0 saturated heterocycles. The standard InChI is InChI=1S/C16H21N3O3S/c1-12-6-8-14(9-7-12)23(21,22)18-11-10-17-16-5-3-4-15(19-16)13(2)20/h3-9,13,18,20H,10-11H2,1-2H3,(H,17,19). The van der Waals surface area contributed by atoms with E-state index in [0.717, 1.165) is 5.56 Å². The predicted molar refractivity (Wildman–Crippen MR) is 89.7 cm³/mol. The first-order chi connectivity index (χ1) is 10.9. The fraction of sp³-hybridized carbons (Fsp3) is 0.312. The number of rotatable bonds is 7. The van der Waals surface area contributed by atoms with E-state index in [1.807, 2.05) is 6.92 Å². The molecule has 7 heteroatoms. The van der Waals surface area contributed by atoms with Crippen LogP contribution in [0.15, 0.2) is 47.4 Å². The van der Waals surface area contributed by atoms with E-state index in [1.165, 1.54) is 0 Å². The summed E-state index contributed by atoms with van der Waals surface area (Å²) >= 11 is 0. The average Bonchev–Trinajstić information content (AvgIpc) is 2.52. The highest BCUT2D eigenvalue weighted by atomic mass is 32.2. The zero-order valence-electron chi connectivity index (χ0n) is 13.2. The molecule has 1 aromatic carbocycles. The van der Waals surface area contributed by atoms with Gasteiger partial charge < -0.3 is 10.4 Å². The maximum Gasteiger partial charge on any atom is 0.240 e. The number of nitrogens with zero attached hydrogens (tertiary/aromatic N) is 1. The van der Waals surface area contributed by atoms with E-state index in [0.29, 0.717) is 18.1 Å². The summed E-state index contributed by atoms with van der Waals surface area (Å²) in [6.07, 6.45) is -0.642. The third-order valence-corrected chi connectivity index (χ3v) is 4.73. The topological polar surface area (TPSA) is 91.3 Å². The van der Waals surface area contributed by atoms with Crippen LogP contribution in [0.1, 0.15) is 24.3 Å². The molecule has 0 aliphatic rings. The van der Waals surface area contributed by atoms with Gasteiger partial charge in [0.2, 0.25) is 10.0 Å². The zero-order chi connectivity index (χ0) is 16.9. The molecule has 0 amide bonds. The number of aliphatic hydroxyl groups is 1. The third kappa shape index (κ3) is 5.02. The van der Waals surface area contributed by atoms with E-state index in [2.05, 4.69) is 15.0 Å². The predicted octanol–water partition coefficient (Wildman–Crippen LogP) is 1.83. The molecule has 0 aliphatic heterocycles. The van der Waals surface area contributed by atoms with Crippen molar-refractivity contribution in [3.05, 3.63) is 53.7 Å². The number of aryl methyl sites for hydroxylation is 1. The van der Waals surface area contributed by atoms with E-state index >= 15 is 0 Å². The highest BCUT2D eigenvalue weighted by molar-refractivity contribution is 7.89. The Labute approximate surface area is 136 Å². The van der Waals surface area contributed by atoms with Crippen molar-refractivity contribution < 1.29 is 13.5 Å². The van der Waals surface area contributed by atoms with Crippen molar-refractivity contribution in [3.8, 4) is 0 Å². The number of aliphatic hydroxyl groups excluding tert-OH is 1. The number of aromatic nitrogens is 1. The van der Waals surface area contributed by atoms with Gasteiger partial charge in [0.05, 0.1) is 16.7 Å². The lowest BCUT2D eigenvalue weighted by atomic mass is 10.2. The molecular formula is C16H21N3O3S. The SMILES string of the molecule is Cc1ccc(S(=O)(=O)NCCNc2cccc(C(C)O)n2)cc1. The van der Waals surface area contributed by atoms with Gasteiger partial charge in [-0.05, 0) is 38.1 Å². The molecule has 1 aromatic heterocycles. The van der Waals surface area contributed by atoms with Crippen molar-refractivity contribution in [1.82, 2.24) is 9.71 Å². The smallest absolute Gasteiger partial charge is 0.240 e. The van der Waals surface area contributed by atoms with Crippen LogP contribution >= 0.6 is 0 Å². The summed E-state index contributed by atoms with van der Waals surface area (Å²) < 4.78 is 26.8. The van der Waals surface area contributed by atoms with Crippen LogP contribution in [-0.4, -0.2) is 31.6 Å². The molecular weight excluding hydrogens is 314 g/mol. The molecule has 2 aromatic rings. The van der Waals surface area contributed by atoms with Crippen molar-refractivity contribution in [3.63, 3.8) is 0 Å². The molecule has 0 saturated carbocycles.